The van der Waals surface area contributed by atoms with Crippen LogP contribution in [-0.4, -0.2) is 43.6 Å². The topological polar surface area (TPSA) is 55.8 Å². The largest absolute Gasteiger partial charge is 0.464 e. The summed E-state index contributed by atoms with van der Waals surface area (Å²) in [4.78, 5) is 25.4. The van der Waals surface area contributed by atoms with Crippen LogP contribution in [-0.2, 0) is 25.5 Å². The summed E-state index contributed by atoms with van der Waals surface area (Å²) < 4.78 is 11.0. The van der Waals surface area contributed by atoms with E-state index in [9.17, 15) is 9.59 Å². The van der Waals surface area contributed by atoms with E-state index in [0.717, 1.165) is 11.1 Å². The van der Waals surface area contributed by atoms with Crippen molar-refractivity contribution in [3.05, 3.63) is 35.4 Å². The highest BCUT2D eigenvalue weighted by Gasteiger charge is 2.33. The Kier molecular flexibility index (Phi) is 5.55. The summed E-state index contributed by atoms with van der Waals surface area (Å²) >= 11 is 0. The van der Waals surface area contributed by atoms with Gasteiger partial charge in [-0.15, -0.1) is 0 Å². The van der Waals surface area contributed by atoms with Gasteiger partial charge in [-0.2, -0.15) is 0 Å². The number of hydrogen-bond acceptors (Lipinski definition) is 4. The highest BCUT2D eigenvalue weighted by molar-refractivity contribution is 5.77. The summed E-state index contributed by atoms with van der Waals surface area (Å²) in [5.74, 6) is -0.297. The van der Waals surface area contributed by atoms with Gasteiger partial charge in [0.2, 0.25) is 5.91 Å². The molecule has 0 aromatic heterocycles. The second-order valence-corrected chi connectivity index (χ2v) is 5.62. The normalized spacial score (nSPS) is 20.1. The van der Waals surface area contributed by atoms with Crippen LogP contribution in [0.1, 0.15) is 37.0 Å². The molecule has 1 amide bonds. The smallest absolute Gasteiger partial charge is 0.339 e. The van der Waals surface area contributed by atoms with Crippen molar-refractivity contribution in [1.82, 2.24) is 4.90 Å². The van der Waals surface area contributed by atoms with Crippen LogP contribution in [0.4, 0.5) is 0 Å². The third kappa shape index (κ3) is 3.85. The van der Waals surface area contributed by atoms with Crippen molar-refractivity contribution in [2.45, 2.75) is 38.4 Å². The Balaban J connectivity index is 2.11. The van der Waals surface area contributed by atoms with Gasteiger partial charge in [-0.25, -0.2) is 4.79 Å². The Bertz CT molecular complexity index is 541. The van der Waals surface area contributed by atoms with Gasteiger partial charge in [0.25, 0.3) is 0 Å². The van der Waals surface area contributed by atoms with Gasteiger partial charge in [-0.3, -0.25) is 4.79 Å². The van der Waals surface area contributed by atoms with Crippen molar-refractivity contribution in [2.24, 2.45) is 0 Å². The lowest BCUT2D eigenvalue weighted by molar-refractivity contribution is -0.163. The van der Waals surface area contributed by atoms with E-state index in [-0.39, 0.29) is 18.0 Å². The molecule has 1 aliphatic rings. The molecule has 0 fully saturated rings. The molecule has 5 nitrogen and oxygen atoms in total. The van der Waals surface area contributed by atoms with Crippen molar-refractivity contribution in [3.63, 3.8) is 0 Å². The number of fused-ring (bicyclic) bond motifs is 1. The second-order valence-electron chi connectivity index (χ2n) is 5.62. The van der Waals surface area contributed by atoms with E-state index in [2.05, 4.69) is 0 Å². The Morgan fingerprint density at radius 1 is 1.32 bits per heavy atom. The molecule has 1 heterocycles. The van der Waals surface area contributed by atoms with Crippen LogP contribution in [0.25, 0.3) is 0 Å². The van der Waals surface area contributed by atoms with Crippen molar-refractivity contribution >= 4 is 11.9 Å². The molecule has 1 aliphatic heterocycles. The quantitative estimate of drug-likeness (QED) is 0.782. The molecular weight excluding hydrogens is 282 g/mol. The zero-order valence-electron chi connectivity index (χ0n) is 13.4. The lowest BCUT2D eigenvalue weighted by atomic mass is 9.92. The number of nitrogens with zero attached hydrogens (tertiary/aromatic N) is 1. The zero-order valence-corrected chi connectivity index (χ0v) is 13.4. The summed E-state index contributed by atoms with van der Waals surface area (Å²) in [6.07, 6.45) is 0.890. The van der Waals surface area contributed by atoms with Crippen LogP contribution in [0.2, 0.25) is 0 Å². The number of esters is 1. The summed E-state index contributed by atoms with van der Waals surface area (Å²) in [6, 6.07) is 7.75. The lowest BCUT2D eigenvalue weighted by Gasteiger charge is -2.31. The van der Waals surface area contributed by atoms with Gasteiger partial charge in [0, 0.05) is 20.5 Å². The van der Waals surface area contributed by atoms with E-state index in [0.29, 0.717) is 25.9 Å². The average Bonchev–Trinajstić information content (AvgIpc) is 2.51. The average molecular weight is 305 g/mol. The molecular formula is C17H23NO4. The Hall–Kier alpha value is -1.88. The van der Waals surface area contributed by atoms with Gasteiger partial charge in [0.15, 0.2) is 6.10 Å². The number of hydrogen-bond donors (Lipinski definition) is 0. The van der Waals surface area contributed by atoms with Gasteiger partial charge in [0.1, 0.15) is 0 Å². The highest BCUT2D eigenvalue weighted by Crippen LogP contribution is 2.32. The minimum absolute atomic E-state index is 0.0649. The summed E-state index contributed by atoms with van der Waals surface area (Å²) in [5.41, 5.74) is 1.96. The number of ether oxygens (including phenoxy) is 2. The number of rotatable bonds is 5. The summed E-state index contributed by atoms with van der Waals surface area (Å²) in [5, 5.41) is 0. The first-order valence-corrected chi connectivity index (χ1v) is 7.63. The maximum atomic E-state index is 12.1. The number of carbonyl (C=O) groups is 2. The second kappa shape index (κ2) is 7.40. The predicted octanol–water partition coefficient (Wildman–Crippen LogP) is 2.10. The van der Waals surface area contributed by atoms with Gasteiger partial charge in [-0.05, 0) is 30.9 Å². The van der Waals surface area contributed by atoms with Crippen LogP contribution in [0.5, 0.6) is 0 Å². The standard InChI is InChI=1S/C17H23NO4/c1-4-21-17(20)16-14-8-6-5-7-12(14)11-13(22-16)9-10-15(19)18(2)3/h5-8,13,16H,4,9-11H2,1-3H3/t13-,16-/m1/s1. The highest BCUT2D eigenvalue weighted by atomic mass is 16.6. The monoisotopic (exact) mass is 305 g/mol. The number of benzene rings is 1. The van der Waals surface area contributed by atoms with Gasteiger partial charge >= 0.3 is 5.97 Å². The fraction of sp³-hybridized carbons (Fsp3) is 0.529. The van der Waals surface area contributed by atoms with Gasteiger partial charge in [-0.1, -0.05) is 24.3 Å². The maximum absolute atomic E-state index is 12.1. The Morgan fingerprint density at radius 2 is 2.05 bits per heavy atom. The SMILES string of the molecule is CCOC(=O)[C@@H]1O[C@H](CCC(=O)N(C)C)Cc2ccccc21. The van der Waals surface area contributed by atoms with Crippen molar-refractivity contribution < 1.29 is 19.1 Å². The van der Waals surface area contributed by atoms with Crippen LogP contribution < -0.4 is 0 Å². The van der Waals surface area contributed by atoms with Gasteiger partial charge in [0.05, 0.1) is 12.7 Å². The molecule has 0 aliphatic carbocycles. The molecule has 0 N–H and O–H groups in total. The lowest BCUT2D eigenvalue weighted by Crippen LogP contribution is -2.32. The molecule has 0 bridgehead atoms. The first-order chi connectivity index (χ1) is 10.5. The number of amides is 1. The van der Waals surface area contributed by atoms with Crippen LogP contribution >= 0.6 is 0 Å². The van der Waals surface area contributed by atoms with E-state index >= 15 is 0 Å². The third-order valence-electron chi connectivity index (χ3n) is 3.79. The van der Waals surface area contributed by atoms with E-state index in [1.54, 1.807) is 25.9 Å². The van der Waals surface area contributed by atoms with Crippen molar-refractivity contribution in [1.29, 1.82) is 0 Å². The van der Waals surface area contributed by atoms with Gasteiger partial charge < -0.3 is 14.4 Å². The van der Waals surface area contributed by atoms with Crippen LogP contribution in [0.3, 0.4) is 0 Å². The zero-order chi connectivity index (χ0) is 16.1. The molecule has 0 radical (unpaired) electrons. The molecule has 1 aromatic carbocycles. The first kappa shape index (κ1) is 16.5. The van der Waals surface area contributed by atoms with E-state index in [1.807, 2.05) is 24.3 Å². The maximum Gasteiger partial charge on any atom is 0.339 e. The minimum atomic E-state index is -0.690. The van der Waals surface area contributed by atoms with Crippen LogP contribution in [0.15, 0.2) is 24.3 Å². The summed E-state index contributed by atoms with van der Waals surface area (Å²) in [7, 11) is 3.47. The Labute approximate surface area is 131 Å². The molecule has 1 aromatic rings. The molecule has 120 valence electrons. The molecule has 22 heavy (non-hydrogen) atoms. The van der Waals surface area contributed by atoms with Crippen molar-refractivity contribution in [3.8, 4) is 0 Å². The molecule has 2 atom stereocenters. The fourth-order valence-electron chi connectivity index (χ4n) is 2.61. The van der Waals surface area contributed by atoms with E-state index in [1.165, 1.54) is 0 Å². The Morgan fingerprint density at radius 3 is 2.73 bits per heavy atom. The minimum Gasteiger partial charge on any atom is -0.464 e. The molecule has 0 saturated heterocycles. The third-order valence-corrected chi connectivity index (χ3v) is 3.79. The molecule has 2 rings (SSSR count). The van der Waals surface area contributed by atoms with Crippen LogP contribution in [0, 0.1) is 0 Å². The molecule has 0 saturated carbocycles. The molecule has 0 spiro atoms. The summed E-state index contributed by atoms with van der Waals surface area (Å²) in [6.45, 7) is 2.10. The van der Waals surface area contributed by atoms with E-state index < -0.39 is 6.10 Å². The molecule has 0 unspecified atom stereocenters. The predicted molar refractivity (Wildman–Crippen MR) is 82.3 cm³/mol. The van der Waals surface area contributed by atoms with Crippen molar-refractivity contribution in [2.75, 3.05) is 20.7 Å². The van der Waals surface area contributed by atoms with E-state index in [4.69, 9.17) is 9.47 Å². The fourth-order valence-corrected chi connectivity index (χ4v) is 2.61. The first-order valence-electron chi connectivity index (χ1n) is 7.63. The number of carbonyl (C=O) groups excluding carboxylic acids is 2. The molecule has 5 heteroatoms.